The second-order valence-corrected chi connectivity index (χ2v) is 7.12. The van der Waals surface area contributed by atoms with Gasteiger partial charge in [-0.1, -0.05) is 31.8 Å². The average Bonchev–Trinajstić information content (AvgIpc) is 2.49. The Morgan fingerprint density at radius 3 is 2.38 bits per heavy atom. The molecule has 2 rings (SSSR count). The van der Waals surface area contributed by atoms with Crippen LogP contribution in [0.1, 0.15) is 0 Å². The van der Waals surface area contributed by atoms with Crippen molar-refractivity contribution < 1.29 is 0 Å². The highest BCUT2D eigenvalue weighted by Gasteiger charge is 1.88. The SMILES string of the molecule is C[SiH](C)C.c1ccc2[nH]cnc2c1. The fourth-order valence-corrected chi connectivity index (χ4v) is 0.880. The Morgan fingerprint density at radius 1 is 1.15 bits per heavy atom. The van der Waals surface area contributed by atoms with Gasteiger partial charge in [0.2, 0.25) is 0 Å². The van der Waals surface area contributed by atoms with Crippen molar-refractivity contribution in [2.45, 2.75) is 19.6 Å². The Kier molecular flexibility index (Phi) is 3.70. The zero-order valence-corrected chi connectivity index (χ0v) is 9.57. The Balaban J connectivity index is 0.000000184. The number of imidazole rings is 1. The van der Waals surface area contributed by atoms with E-state index >= 15 is 0 Å². The lowest BCUT2D eigenvalue weighted by Gasteiger charge is -1.81. The van der Waals surface area contributed by atoms with Crippen LogP contribution in [-0.4, -0.2) is 18.8 Å². The molecule has 0 saturated heterocycles. The number of hydrogen-bond donors (Lipinski definition) is 1. The molecule has 0 aliphatic heterocycles. The molecule has 0 bridgehead atoms. The van der Waals surface area contributed by atoms with E-state index in [4.69, 9.17) is 0 Å². The van der Waals surface area contributed by atoms with Crippen LogP contribution in [0.4, 0.5) is 0 Å². The van der Waals surface area contributed by atoms with E-state index in [1.165, 1.54) is 0 Å². The van der Waals surface area contributed by atoms with Crippen molar-refractivity contribution in [3.8, 4) is 0 Å². The molecule has 1 heterocycles. The number of aromatic nitrogens is 2. The molecule has 1 aromatic carbocycles. The molecule has 0 radical (unpaired) electrons. The number of hydrogen-bond acceptors (Lipinski definition) is 1. The predicted molar refractivity (Wildman–Crippen MR) is 60.8 cm³/mol. The lowest BCUT2D eigenvalue weighted by molar-refractivity contribution is 1.34. The summed E-state index contributed by atoms with van der Waals surface area (Å²) < 4.78 is 0. The number of benzene rings is 1. The Morgan fingerprint density at radius 2 is 1.77 bits per heavy atom. The summed E-state index contributed by atoms with van der Waals surface area (Å²) in [5.41, 5.74) is 2.12. The van der Waals surface area contributed by atoms with Gasteiger partial charge in [0.1, 0.15) is 0 Å². The lowest BCUT2D eigenvalue weighted by Crippen LogP contribution is -1.84. The summed E-state index contributed by atoms with van der Waals surface area (Å²) in [6, 6.07) is 7.94. The van der Waals surface area contributed by atoms with Gasteiger partial charge in [-0.2, -0.15) is 0 Å². The molecule has 1 aromatic heterocycles. The molecule has 2 nitrogen and oxygen atoms in total. The molecule has 0 fully saturated rings. The smallest absolute Gasteiger partial charge is 0.0931 e. The van der Waals surface area contributed by atoms with Crippen molar-refractivity contribution in [1.29, 1.82) is 0 Å². The monoisotopic (exact) mass is 192 g/mol. The van der Waals surface area contributed by atoms with Crippen molar-refractivity contribution in [3.05, 3.63) is 30.6 Å². The van der Waals surface area contributed by atoms with Crippen LogP contribution >= 0.6 is 0 Å². The molecule has 0 aliphatic rings. The van der Waals surface area contributed by atoms with E-state index in [0.717, 1.165) is 11.0 Å². The Bertz CT molecular complexity index is 321. The predicted octanol–water partition coefficient (Wildman–Crippen LogP) is 2.67. The first kappa shape index (κ1) is 9.99. The van der Waals surface area contributed by atoms with Crippen molar-refractivity contribution in [1.82, 2.24) is 9.97 Å². The van der Waals surface area contributed by atoms with Gasteiger partial charge in [0.15, 0.2) is 0 Å². The zero-order chi connectivity index (χ0) is 9.68. The minimum atomic E-state index is -0.139. The van der Waals surface area contributed by atoms with E-state index < -0.39 is 0 Å². The van der Waals surface area contributed by atoms with E-state index in [2.05, 4.69) is 29.6 Å². The van der Waals surface area contributed by atoms with Crippen LogP contribution < -0.4 is 0 Å². The first-order chi connectivity index (χ1) is 6.20. The molecule has 0 amide bonds. The third-order valence-corrected chi connectivity index (χ3v) is 1.33. The largest absolute Gasteiger partial charge is 0.345 e. The van der Waals surface area contributed by atoms with Crippen LogP contribution in [0.25, 0.3) is 11.0 Å². The molecule has 0 spiro atoms. The van der Waals surface area contributed by atoms with Gasteiger partial charge in [0, 0.05) is 8.80 Å². The number of H-pyrrole nitrogens is 1. The molecular weight excluding hydrogens is 176 g/mol. The van der Waals surface area contributed by atoms with Crippen LogP contribution in [-0.2, 0) is 0 Å². The number of aromatic amines is 1. The fourth-order valence-electron chi connectivity index (χ4n) is 0.880. The Hall–Kier alpha value is -1.09. The maximum Gasteiger partial charge on any atom is 0.0931 e. The quantitative estimate of drug-likeness (QED) is 0.639. The van der Waals surface area contributed by atoms with E-state index in [1.807, 2.05) is 24.3 Å². The maximum absolute atomic E-state index is 4.06. The zero-order valence-electron chi connectivity index (χ0n) is 8.41. The van der Waals surface area contributed by atoms with Crippen LogP contribution in [0.2, 0.25) is 19.6 Å². The number of nitrogens with one attached hydrogen (secondary N) is 1. The molecule has 1 N–H and O–H groups in total. The molecular formula is C10H16N2Si. The van der Waals surface area contributed by atoms with Gasteiger partial charge >= 0.3 is 0 Å². The van der Waals surface area contributed by atoms with Crippen molar-refractivity contribution in [3.63, 3.8) is 0 Å². The summed E-state index contributed by atoms with van der Waals surface area (Å²) in [7, 11) is -0.139. The maximum atomic E-state index is 4.06. The van der Waals surface area contributed by atoms with E-state index in [-0.39, 0.29) is 8.80 Å². The van der Waals surface area contributed by atoms with Crippen molar-refractivity contribution >= 4 is 19.8 Å². The van der Waals surface area contributed by atoms with Gasteiger partial charge < -0.3 is 4.98 Å². The molecule has 3 heteroatoms. The van der Waals surface area contributed by atoms with E-state index in [0.29, 0.717) is 0 Å². The number of para-hydroxylation sites is 2. The second kappa shape index (κ2) is 4.82. The van der Waals surface area contributed by atoms with Crippen molar-refractivity contribution in [2.24, 2.45) is 0 Å². The second-order valence-electron chi connectivity index (χ2n) is 3.65. The summed E-state index contributed by atoms with van der Waals surface area (Å²) in [5, 5.41) is 0. The van der Waals surface area contributed by atoms with Gasteiger partial charge in [-0.15, -0.1) is 0 Å². The van der Waals surface area contributed by atoms with E-state index in [1.54, 1.807) is 6.33 Å². The third-order valence-electron chi connectivity index (χ3n) is 1.33. The van der Waals surface area contributed by atoms with Gasteiger partial charge in [0.25, 0.3) is 0 Å². The number of fused-ring (bicyclic) bond motifs is 1. The standard InChI is InChI=1S/C7H6N2.C3H10Si/c1-2-4-7-6(3-1)8-5-9-7;1-4(2)3/h1-5H,(H,8,9);4H,1-3H3. The first-order valence-electron chi connectivity index (χ1n) is 4.58. The highest BCUT2D eigenvalue weighted by molar-refractivity contribution is 6.54. The number of rotatable bonds is 0. The summed E-state index contributed by atoms with van der Waals surface area (Å²) >= 11 is 0. The Labute approximate surface area is 80.6 Å². The number of nitrogens with zero attached hydrogens (tertiary/aromatic N) is 1. The fraction of sp³-hybridized carbons (Fsp3) is 0.300. The average molecular weight is 192 g/mol. The van der Waals surface area contributed by atoms with Crippen LogP contribution in [0.15, 0.2) is 30.6 Å². The molecule has 2 aromatic rings. The minimum Gasteiger partial charge on any atom is -0.345 e. The minimum absolute atomic E-state index is 0.139. The summed E-state index contributed by atoms with van der Waals surface area (Å²) in [6.45, 7) is 6.92. The highest BCUT2D eigenvalue weighted by Crippen LogP contribution is 2.05. The van der Waals surface area contributed by atoms with E-state index in [9.17, 15) is 0 Å². The van der Waals surface area contributed by atoms with Crippen LogP contribution in [0.5, 0.6) is 0 Å². The highest BCUT2D eigenvalue weighted by atomic mass is 28.3. The molecule has 0 aliphatic carbocycles. The first-order valence-corrected chi connectivity index (χ1v) is 8.04. The van der Waals surface area contributed by atoms with Crippen LogP contribution in [0, 0.1) is 0 Å². The molecule has 0 atom stereocenters. The van der Waals surface area contributed by atoms with Gasteiger partial charge in [-0.25, -0.2) is 4.98 Å². The molecule has 70 valence electrons. The lowest BCUT2D eigenvalue weighted by atomic mass is 10.3. The third kappa shape index (κ3) is 3.42. The molecule has 13 heavy (non-hydrogen) atoms. The summed E-state index contributed by atoms with van der Waals surface area (Å²) in [5.74, 6) is 0. The molecule has 0 unspecified atom stereocenters. The van der Waals surface area contributed by atoms with Gasteiger partial charge in [-0.3, -0.25) is 0 Å². The van der Waals surface area contributed by atoms with Gasteiger partial charge in [-0.05, 0) is 12.1 Å². The topological polar surface area (TPSA) is 28.7 Å². The molecule has 0 saturated carbocycles. The normalized spacial score (nSPS) is 9.85. The summed E-state index contributed by atoms with van der Waals surface area (Å²) in [4.78, 5) is 7.07. The van der Waals surface area contributed by atoms with Gasteiger partial charge in [0.05, 0.1) is 17.4 Å². The van der Waals surface area contributed by atoms with Crippen LogP contribution in [0.3, 0.4) is 0 Å². The summed E-state index contributed by atoms with van der Waals surface area (Å²) in [6.07, 6.45) is 1.70. The van der Waals surface area contributed by atoms with Crippen molar-refractivity contribution in [2.75, 3.05) is 0 Å².